The Hall–Kier alpha value is -1.49. The van der Waals surface area contributed by atoms with Crippen molar-refractivity contribution in [3.63, 3.8) is 0 Å². The summed E-state index contributed by atoms with van der Waals surface area (Å²) in [5.74, 6) is 0.520. The molecule has 3 N–H and O–H groups in total. The van der Waals surface area contributed by atoms with E-state index in [1.54, 1.807) is 0 Å². The van der Waals surface area contributed by atoms with Gasteiger partial charge in [-0.1, -0.05) is 31.2 Å². The number of nitrogens with two attached hydrogens (primary N) is 1. The summed E-state index contributed by atoms with van der Waals surface area (Å²) in [7, 11) is 0. The van der Waals surface area contributed by atoms with Gasteiger partial charge in [0.15, 0.2) is 0 Å². The molecule has 0 heterocycles. The Bertz CT molecular complexity index is 446. The standard InChI is InChI=1S/C15H22N2O2S/c1-3-12-4-6-13(7-5-12)11(2)17-15(19)8-9-20-10-14(16)18/h4-7,11H,3,8-10H2,1-2H3,(H2,16,18)(H,17,19). The highest BCUT2D eigenvalue weighted by atomic mass is 32.2. The molecular formula is C15H22N2O2S. The molecule has 0 aliphatic rings. The summed E-state index contributed by atoms with van der Waals surface area (Å²) in [5, 5.41) is 2.95. The fourth-order valence-corrected chi connectivity index (χ4v) is 2.45. The second-order valence-electron chi connectivity index (χ2n) is 4.65. The summed E-state index contributed by atoms with van der Waals surface area (Å²) in [4.78, 5) is 22.3. The molecule has 0 bridgehead atoms. The predicted molar refractivity (Wildman–Crippen MR) is 83.5 cm³/mol. The first kappa shape index (κ1) is 16.6. The normalized spacial score (nSPS) is 11.9. The average Bonchev–Trinajstić information content (AvgIpc) is 2.43. The van der Waals surface area contributed by atoms with E-state index in [9.17, 15) is 9.59 Å². The Kier molecular flexibility index (Phi) is 7.15. The third kappa shape index (κ3) is 6.10. The number of hydrogen-bond acceptors (Lipinski definition) is 3. The Morgan fingerprint density at radius 3 is 2.50 bits per heavy atom. The number of benzene rings is 1. The molecule has 4 nitrogen and oxygen atoms in total. The molecular weight excluding hydrogens is 272 g/mol. The quantitative estimate of drug-likeness (QED) is 0.721. The van der Waals surface area contributed by atoms with Crippen molar-refractivity contribution < 1.29 is 9.59 Å². The Morgan fingerprint density at radius 1 is 1.30 bits per heavy atom. The van der Waals surface area contributed by atoms with Crippen molar-refractivity contribution in [3.8, 4) is 0 Å². The van der Waals surface area contributed by atoms with Crippen LogP contribution in [0.1, 0.15) is 37.4 Å². The van der Waals surface area contributed by atoms with Crippen LogP contribution in [0.3, 0.4) is 0 Å². The molecule has 0 spiro atoms. The number of thioether (sulfide) groups is 1. The molecule has 1 aromatic rings. The number of primary amides is 1. The van der Waals surface area contributed by atoms with Crippen LogP contribution < -0.4 is 11.1 Å². The molecule has 0 aromatic heterocycles. The first-order valence-corrected chi connectivity index (χ1v) is 7.92. The second kappa shape index (κ2) is 8.64. The second-order valence-corrected chi connectivity index (χ2v) is 5.76. The number of carbonyl (C=O) groups excluding carboxylic acids is 2. The highest BCUT2D eigenvalue weighted by Crippen LogP contribution is 2.14. The van der Waals surface area contributed by atoms with Gasteiger partial charge < -0.3 is 11.1 Å². The SMILES string of the molecule is CCc1ccc(C(C)NC(=O)CCSCC(N)=O)cc1. The predicted octanol–water partition coefficient (Wildman–Crippen LogP) is 2.03. The first-order valence-electron chi connectivity index (χ1n) is 6.77. The van der Waals surface area contributed by atoms with Crippen molar-refractivity contribution in [2.75, 3.05) is 11.5 Å². The summed E-state index contributed by atoms with van der Waals surface area (Å²) in [6, 6.07) is 8.26. The number of carbonyl (C=O) groups is 2. The third-order valence-electron chi connectivity index (χ3n) is 2.98. The van der Waals surface area contributed by atoms with E-state index < -0.39 is 0 Å². The van der Waals surface area contributed by atoms with Gasteiger partial charge in [0, 0.05) is 12.2 Å². The maximum Gasteiger partial charge on any atom is 0.227 e. The highest BCUT2D eigenvalue weighted by Gasteiger charge is 2.09. The van der Waals surface area contributed by atoms with E-state index in [1.807, 2.05) is 19.1 Å². The zero-order chi connectivity index (χ0) is 15.0. The monoisotopic (exact) mass is 294 g/mol. The number of rotatable bonds is 8. The van der Waals surface area contributed by atoms with Gasteiger partial charge in [-0.2, -0.15) is 11.8 Å². The first-order chi connectivity index (χ1) is 9.52. The van der Waals surface area contributed by atoms with Crippen LogP contribution in [0.25, 0.3) is 0 Å². The van der Waals surface area contributed by atoms with Crippen molar-refractivity contribution in [1.82, 2.24) is 5.32 Å². The topological polar surface area (TPSA) is 72.2 Å². The van der Waals surface area contributed by atoms with Crippen LogP contribution in [0.5, 0.6) is 0 Å². The lowest BCUT2D eigenvalue weighted by molar-refractivity contribution is -0.121. The van der Waals surface area contributed by atoms with Crippen LogP contribution in [0.2, 0.25) is 0 Å². The van der Waals surface area contributed by atoms with Gasteiger partial charge in [-0.05, 0) is 24.5 Å². The fourth-order valence-electron chi connectivity index (χ4n) is 1.78. The van der Waals surface area contributed by atoms with Crippen molar-refractivity contribution in [2.45, 2.75) is 32.7 Å². The molecule has 0 saturated heterocycles. The number of hydrogen-bond donors (Lipinski definition) is 2. The molecule has 1 aromatic carbocycles. The van der Waals surface area contributed by atoms with Crippen molar-refractivity contribution in [3.05, 3.63) is 35.4 Å². The largest absolute Gasteiger partial charge is 0.369 e. The van der Waals surface area contributed by atoms with Crippen LogP contribution in [0.15, 0.2) is 24.3 Å². The molecule has 0 radical (unpaired) electrons. The van der Waals surface area contributed by atoms with E-state index in [1.165, 1.54) is 17.3 Å². The van der Waals surface area contributed by atoms with Gasteiger partial charge in [0.25, 0.3) is 0 Å². The van der Waals surface area contributed by atoms with Crippen molar-refractivity contribution >= 4 is 23.6 Å². The molecule has 1 rings (SSSR count). The van der Waals surface area contributed by atoms with Crippen molar-refractivity contribution in [2.24, 2.45) is 5.73 Å². The lowest BCUT2D eigenvalue weighted by Crippen LogP contribution is -2.27. The fraction of sp³-hybridized carbons (Fsp3) is 0.467. The van der Waals surface area contributed by atoms with Crippen molar-refractivity contribution in [1.29, 1.82) is 0 Å². The van der Waals surface area contributed by atoms with Crippen LogP contribution >= 0.6 is 11.8 Å². The van der Waals surface area contributed by atoms with Crippen LogP contribution in [0.4, 0.5) is 0 Å². The molecule has 1 atom stereocenters. The minimum atomic E-state index is -0.347. The maximum absolute atomic E-state index is 11.8. The minimum Gasteiger partial charge on any atom is -0.369 e. The Labute approximate surface area is 124 Å². The van der Waals surface area contributed by atoms with Gasteiger partial charge in [0.2, 0.25) is 11.8 Å². The van der Waals surface area contributed by atoms with Crippen LogP contribution in [0, 0.1) is 0 Å². The summed E-state index contributed by atoms with van der Waals surface area (Å²) in [6.45, 7) is 4.08. The molecule has 0 saturated carbocycles. The van der Waals surface area contributed by atoms with Gasteiger partial charge in [-0.25, -0.2) is 0 Å². The summed E-state index contributed by atoms with van der Waals surface area (Å²) in [5.41, 5.74) is 7.41. The Balaban J connectivity index is 2.34. The lowest BCUT2D eigenvalue weighted by atomic mass is 10.0. The zero-order valence-electron chi connectivity index (χ0n) is 12.0. The van der Waals surface area contributed by atoms with Gasteiger partial charge >= 0.3 is 0 Å². The van der Waals surface area contributed by atoms with Gasteiger partial charge in [-0.3, -0.25) is 9.59 Å². The molecule has 5 heteroatoms. The van der Waals surface area contributed by atoms with Gasteiger partial charge in [0.05, 0.1) is 11.8 Å². The number of aryl methyl sites for hydroxylation is 1. The smallest absolute Gasteiger partial charge is 0.227 e. The minimum absolute atomic E-state index is 0.00505. The lowest BCUT2D eigenvalue weighted by Gasteiger charge is -2.14. The molecule has 1 unspecified atom stereocenters. The van der Waals surface area contributed by atoms with Crippen LogP contribution in [-0.2, 0) is 16.0 Å². The maximum atomic E-state index is 11.8. The average molecular weight is 294 g/mol. The Morgan fingerprint density at radius 2 is 1.95 bits per heavy atom. The third-order valence-corrected chi connectivity index (χ3v) is 3.96. The molecule has 20 heavy (non-hydrogen) atoms. The van der Waals surface area contributed by atoms with Crippen LogP contribution in [-0.4, -0.2) is 23.3 Å². The molecule has 0 aliphatic heterocycles. The van der Waals surface area contributed by atoms with Gasteiger partial charge in [0.1, 0.15) is 0 Å². The van der Waals surface area contributed by atoms with E-state index in [2.05, 4.69) is 24.4 Å². The molecule has 0 fully saturated rings. The number of amides is 2. The van der Waals surface area contributed by atoms with Gasteiger partial charge in [-0.15, -0.1) is 0 Å². The summed E-state index contributed by atoms with van der Waals surface area (Å²) < 4.78 is 0. The molecule has 110 valence electrons. The van der Waals surface area contributed by atoms with E-state index in [0.29, 0.717) is 12.2 Å². The van der Waals surface area contributed by atoms with E-state index in [0.717, 1.165) is 12.0 Å². The molecule has 2 amide bonds. The summed E-state index contributed by atoms with van der Waals surface area (Å²) >= 11 is 1.38. The number of nitrogens with one attached hydrogen (secondary N) is 1. The van der Waals surface area contributed by atoms with E-state index in [4.69, 9.17) is 5.73 Å². The summed E-state index contributed by atoms with van der Waals surface area (Å²) in [6.07, 6.45) is 1.41. The van der Waals surface area contributed by atoms with E-state index >= 15 is 0 Å². The molecule has 0 aliphatic carbocycles. The zero-order valence-corrected chi connectivity index (χ0v) is 12.8. The highest BCUT2D eigenvalue weighted by molar-refractivity contribution is 7.99. The van der Waals surface area contributed by atoms with E-state index in [-0.39, 0.29) is 23.6 Å².